The molecule has 4 heteroatoms. The Morgan fingerprint density at radius 1 is 0.852 bits per heavy atom. The van der Waals surface area contributed by atoms with Gasteiger partial charge in [-0.1, -0.05) is 60.0 Å². The molecule has 0 aromatic heterocycles. The second kappa shape index (κ2) is 7.66. The molecule has 144 valence electrons. The number of likely N-dealkylation sites (tertiary alicyclic amines) is 1. The molecule has 2 saturated heterocycles. The Morgan fingerprint density at radius 3 is 2.04 bits per heavy atom. The van der Waals surface area contributed by atoms with Crippen LogP contribution in [0, 0.1) is 0 Å². The summed E-state index contributed by atoms with van der Waals surface area (Å²) in [7, 11) is 0. The van der Waals surface area contributed by atoms with Crippen molar-refractivity contribution in [3.05, 3.63) is 63.6 Å². The van der Waals surface area contributed by atoms with Crippen LogP contribution >= 0.6 is 23.2 Å². The van der Waals surface area contributed by atoms with Crippen LogP contribution in [-0.2, 0) is 5.54 Å². The van der Waals surface area contributed by atoms with Crippen LogP contribution in [0.25, 0.3) is 0 Å². The molecular formula is C23H28Cl2N2. The van der Waals surface area contributed by atoms with Crippen molar-refractivity contribution in [3.8, 4) is 0 Å². The van der Waals surface area contributed by atoms with Crippen molar-refractivity contribution in [2.75, 3.05) is 31.1 Å². The van der Waals surface area contributed by atoms with Gasteiger partial charge in [-0.15, -0.1) is 0 Å². The van der Waals surface area contributed by atoms with Crippen LogP contribution < -0.4 is 4.90 Å². The molecule has 27 heavy (non-hydrogen) atoms. The lowest BCUT2D eigenvalue weighted by molar-refractivity contribution is 0.0943. The summed E-state index contributed by atoms with van der Waals surface area (Å²) in [4.78, 5) is 4.91. The zero-order valence-corrected chi connectivity index (χ0v) is 17.7. The van der Waals surface area contributed by atoms with E-state index in [-0.39, 0.29) is 5.54 Å². The van der Waals surface area contributed by atoms with Crippen molar-refractivity contribution in [2.45, 2.75) is 44.6 Å². The molecule has 0 radical (unpaired) electrons. The summed E-state index contributed by atoms with van der Waals surface area (Å²) in [6, 6.07) is 15.0. The minimum absolute atomic E-state index is 0.107. The third-order valence-electron chi connectivity index (χ3n) is 6.37. The lowest BCUT2D eigenvalue weighted by Gasteiger charge is -2.43. The quantitative estimate of drug-likeness (QED) is 0.590. The van der Waals surface area contributed by atoms with Gasteiger partial charge in [-0.3, -0.25) is 4.90 Å². The maximum absolute atomic E-state index is 6.34. The monoisotopic (exact) mass is 402 g/mol. The highest BCUT2D eigenvalue weighted by Crippen LogP contribution is 2.40. The van der Waals surface area contributed by atoms with E-state index in [0.717, 1.165) is 28.8 Å². The second-order valence-electron chi connectivity index (χ2n) is 8.40. The average molecular weight is 403 g/mol. The number of nitrogens with zero attached hydrogens (tertiary/aromatic N) is 2. The minimum Gasteiger partial charge on any atom is -0.368 e. The van der Waals surface area contributed by atoms with Gasteiger partial charge in [0.2, 0.25) is 0 Å². The first-order chi connectivity index (χ1) is 13.0. The van der Waals surface area contributed by atoms with E-state index < -0.39 is 0 Å². The van der Waals surface area contributed by atoms with Gasteiger partial charge in [0.05, 0.1) is 15.7 Å². The largest absolute Gasteiger partial charge is 0.368 e. The predicted molar refractivity (Wildman–Crippen MR) is 116 cm³/mol. The first kappa shape index (κ1) is 19.1. The molecule has 2 nitrogen and oxygen atoms in total. The Balaban J connectivity index is 1.43. The summed E-state index contributed by atoms with van der Waals surface area (Å²) < 4.78 is 0. The number of benzene rings is 2. The van der Waals surface area contributed by atoms with Gasteiger partial charge in [0.15, 0.2) is 0 Å². The molecule has 0 spiro atoms. The molecule has 2 aliphatic rings. The summed E-state index contributed by atoms with van der Waals surface area (Å²) in [6.45, 7) is 9.09. The van der Waals surface area contributed by atoms with Gasteiger partial charge >= 0.3 is 0 Å². The van der Waals surface area contributed by atoms with Crippen LogP contribution in [0.4, 0.5) is 5.69 Å². The Bertz CT molecular complexity index is 768. The van der Waals surface area contributed by atoms with Crippen molar-refractivity contribution in [3.63, 3.8) is 0 Å². The van der Waals surface area contributed by atoms with E-state index in [2.05, 4.69) is 47.9 Å². The van der Waals surface area contributed by atoms with Gasteiger partial charge in [0.1, 0.15) is 0 Å². The number of hydrogen-bond acceptors (Lipinski definition) is 2. The summed E-state index contributed by atoms with van der Waals surface area (Å²) in [5.41, 5.74) is 3.90. The molecular weight excluding hydrogens is 375 g/mol. The molecule has 0 bridgehead atoms. The standard InChI is InChI=1S/C23H28Cl2N2/c1-23(2,27-13-4-3-5-14-27)19-11-9-17(10-12-19)18-15-26(16-18)22-20(24)7-6-8-21(22)25/h6-12,18H,3-5,13-16H2,1-2H3. The molecule has 2 heterocycles. The van der Waals surface area contributed by atoms with E-state index in [1.54, 1.807) is 0 Å². The lowest BCUT2D eigenvalue weighted by Crippen LogP contribution is -2.45. The van der Waals surface area contributed by atoms with Crippen LogP contribution in [0.3, 0.4) is 0 Å². The van der Waals surface area contributed by atoms with Gasteiger partial charge in [0.25, 0.3) is 0 Å². The molecule has 2 fully saturated rings. The molecule has 2 aromatic rings. The highest BCUT2D eigenvalue weighted by molar-refractivity contribution is 6.39. The van der Waals surface area contributed by atoms with Crippen molar-refractivity contribution >= 4 is 28.9 Å². The number of piperidine rings is 1. The van der Waals surface area contributed by atoms with E-state index in [1.165, 1.54) is 43.5 Å². The number of rotatable bonds is 4. The Hall–Kier alpha value is -1.22. The van der Waals surface area contributed by atoms with E-state index in [0.29, 0.717) is 5.92 Å². The number of hydrogen-bond donors (Lipinski definition) is 0. The van der Waals surface area contributed by atoms with E-state index in [4.69, 9.17) is 23.2 Å². The highest BCUT2D eigenvalue weighted by atomic mass is 35.5. The number of para-hydroxylation sites is 1. The van der Waals surface area contributed by atoms with Crippen molar-refractivity contribution in [1.82, 2.24) is 4.90 Å². The van der Waals surface area contributed by atoms with E-state index in [9.17, 15) is 0 Å². The molecule has 0 atom stereocenters. The molecule has 0 unspecified atom stereocenters. The minimum atomic E-state index is 0.107. The molecule has 2 aliphatic heterocycles. The normalized spacial score (nSPS) is 19.2. The Labute approximate surface area is 173 Å². The van der Waals surface area contributed by atoms with Crippen molar-refractivity contribution in [1.29, 1.82) is 0 Å². The number of halogens is 2. The third kappa shape index (κ3) is 3.72. The molecule has 0 N–H and O–H groups in total. The van der Waals surface area contributed by atoms with Crippen molar-refractivity contribution < 1.29 is 0 Å². The smallest absolute Gasteiger partial charge is 0.0745 e. The molecule has 4 rings (SSSR count). The Morgan fingerprint density at radius 2 is 1.44 bits per heavy atom. The zero-order chi connectivity index (χ0) is 19.0. The second-order valence-corrected chi connectivity index (χ2v) is 9.22. The summed E-state index contributed by atoms with van der Waals surface area (Å²) >= 11 is 12.7. The number of anilines is 1. The summed E-state index contributed by atoms with van der Waals surface area (Å²) in [5, 5.41) is 1.47. The van der Waals surface area contributed by atoms with E-state index in [1.807, 2.05) is 18.2 Å². The first-order valence-electron chi connectivity index (χ1n) is 10.0. The predicted octanol–water partition coefficient (Wildman–Crippen LogP) is 6.32. The fourth-order valence-corrected chi connectivity index (χ4v) is 5.10. The first-order valence-corrected chi connectivity index (χ1v) is 10.8. The van der Waals surface area contributed by atoms with Gasteiger partial charge in [-0.05, 0) is 63.0 Å². The molecule has 0 amide bonds. The SMILES string of the molecule is CC(C)(c1ccc(C2CN(c3c(Cl)cccc3Cl)C2)cc1)N1CCCCC1. The third-order valence-corrected chi connectivity index (χ3v) is 6.98. The Kier molecular flexibility index (Phi) is 5.42. The summed E-state index contributed by atoms with van der Waals surface area (Å²) in [5.74, 6) is 0.546. The van der Waals surface area contributed by atoms with Gasteiger partial charge in [0, 0.05) is 24.5 Å². The van der Waals surface area contributed by atoms with Crippen LogP contribution in [0.1, 0.15) is 50.2 Å². The topological polar surface area (TPSA) is 6.48 Å². The van der Waals surface area contributed by atoms with Crippen LogP contribution in [0.5, 0.6) is 0 Å². The van der Waals surface area contributed by atoms with Gasteiger partial charge in [-0.25, -0.2) is 0 Å². The molecule has 2 aromatic carbocycles. The fraction of sp³-hybridized carbons (Fsp3) is 0.478. The van der Waals surface area contributed by atoms with Crippen molar-refractivity contribution in [2.24, 2.45) is 0 Å². The highest BCUT2D eigenvalue weighted by Gasteiger charge is 2.32. The van der Waals surface area contributed by atoms with Crippen LogP contribution in [0.15, 0.2) is 42.5 Å². The van der Waals surface area contributed by atoms with E-state index >= 15 is 0 Å². The molecule has 0 saturated carbocycles. The fourth-order valence-electron chi connectivity index (χ4n) is 4.46. The van der Waals surface area contributed by atoms with Gasteiger partial charge in [-0.2, -0.15) is 0 Å². The maximum Gasteiger partial charge on any atom is 0.0745 e. The average Bonchev–Trinajstić information content (AvgIpc) is 2.64. The molecule has 0 aliphatic carbocycles. The summed E-state index contributed by atoms with van der Waals surface area (Å²) in [6.07, 6.45) is 4.02. The van der Waals surface area contributed by atoms with Crippen LogP contribution in [0.2, 0.25) is 10.0 Å². The van der Waals surface area contributed by atoms with Crippen LogP contribution in [-0.4, -0.2) is 31.1 Å². The lowest BCUT2D eigenvalue weighted by atomic mass is 9.86. The van der Waals surface area contributed by atoms with Gasteiger partial charge < -0.3 is 4.90 Å². The zero-order valence-electron chi connectivity index (χ0n) is 16.2. The maximum atomic E-state index is 6.34.